The van der Waals surface area contributed by atoms with Gasteiger partial charge in [-0.1, -0.05) is 0 Å². The number of aryl methyl sites for hydroxylation is 1. The third-order valence-electron chi connectivity index (χ3n) is 2.94. The number of hydrogen-bond donors (Lipinski definition) is 1. The van der Waals surface area contributed by atoms with Gasteiger partial charge in [0, 0.05) is 26.3 Å². The minimum Gasteiger partial charge on any atom is -0.382 e. The Kier molecular flexibility index (Phi) is 7.02. The third kappa shape index (κ3) is 4.89. The van der Waals surface area contributed by atoms with Gasteiger partial charge in [-0.2, -0.15) is 0 Å². The monoisotopic (exact) mass is 339 g/mol. The molecular weight excluding hydrogens is 321 g/mol. The van der Waals surface area contributed by atoms with E-state index in [-0.39, 0.29) is 35.1 Å². The fourth-order valence-corrected chi connectivity index (χ4v) is 3.14. The standard InChI is InChI=1S/C13H19ClFNO4S/c1-9-4-12(5-10(6-14)13(9)15)21(17,18)16-7-11(20-3)8-19-2/h4-5,11,16H,6-8H2,1-3H3. The van der Waals surface area contributed by atoms with Crippen LogP contribution in [0.3, 0.4) is 0 Å². The van der Waals surface area contributed by atoms with Crippen molar-refractivity contribution in [2.24, 2.45) is 0 Å². The highest BCUT2D eigenvalue weighted by Gasteiger charge is 2.19. The van der Waals surface area contributed by atoms with E-state index in [4.69, 9.17) is 21.1 Å². The Bertz CT molecular complexity index is 580. The van der Waals surface area contributed by atoms with Crippen LogP contribution in [0, 0.1) is 12.7 Å². The van der Waals surface area contributed by atoms with Crippen molar-refractivity contribution >= 4 is 21.6 Å². The van der Waals surface area contributed by atoms with Crippen LogP contribution < -0.4 is 4.72 Å². The van der Waals surface area contributed by atoms with Crippen LogP contribution in [-0.4, -0.2) is 41.9 Å². The summed E-state index contributed by atoms with van der Waals surface area (Å²) >= 11 is 5.63. The summed E-state index contributed by atoms with van der Waals surface area (Å²) in [5.74, 6) is -0.585. The number of halogens is 2. The molecule has 0 saturated heterocycles. The second kappa shape index (κ2) is 8.05. The van der Waals surface area contributed by atoms with E-state index >= 15 is 0 Å². The molecular formula is C13H19ClFNO4S. The molecule has 0 aliphatic carbocycles. The van der Waals surface area contributed by atoms with Gasteiger partial charge in [-0.25, -0.2) is 17.5 Å². The van der Waals surface area contributed by atoms with E-state index in [1.807, 2.05) is 0 Å². The lowest BCUT2D eigenvalue weighted by Gasteiger charge is -2.16. The Morgan fingerprint density at radius 1 is 1.38 bits per heavy atom. The summed E-state index contributed by atoms with van der Waals surface area (Å²) in [5, 5.41) is 0. The van der Waals surface area contributed by atoms with Crippen molar-refractivity contribution in [3.63, 3.8) is 0 Å². The first-order valence-electron chi connectivity index (χ1n) is 6.22. The van der Waals surface area contributed by atoms with E-state index in [0.29, 0.717) is 0 Å². The van der Waals surface area contributed by atoms with Gasteiger partial charge in [-0.05, 0) is 24.6 Å². The summed E-state index contributed by atoms with van der Waals surface area (Å²) in [6.45, 7) is 1.81. The van der Waals surface area contributed by atoms with Gasteiger partial charge in [0.25, 0.3) is 0 Å². The van der Waals surface area contributed by atoms with Crippen molar-refractivity contribution in [2.45, 2.75) is 23.8 Å². The molecule has 1 aromatic carbocycles. The number of nitrogens with one attached hydrogen (secondary N) is 1. The van der Waals surface area contributed by atoms with Gasteiger partial charge in [0.15, 0.2) is 0 Å². The number of methoxy groups -OCH3 is 2. The number of rotatable bonds is 8. The molecule has 0 radical (unpaired) electrons. The van der Waals surface area contributed by atoms with E-state index in [0.717, 1.165) is 0 Å². The van der Waals surface area contributed by atoms with Crippen LogP contribution in [0.15, 0.2) is 17.0 Å². The van der Waals surface area contributed by atoms with Crippen LogP contribution in [-0.2, 0) is 25.4 Å². The molecule has 1 rings (SSSR count). The first-order chi connectivity index (χ1) is 9.85. The Hall–Kier alpha value is -0.730. The molecule has 0 amide bonds. The smallest absolute Gasteiger partial charge is 0.240 e. The van der Waals surface area contributed by atoms with Crippen LogP contribution in [0.5, 0.6) is 0 Å². The lowest BCUT2D eigenvalue weighted by atomic mass is 10.1. The van der Waals surface area contributed by atoms with Gasteiger partial charge in [0.2, 0.25) is 10.0 Å². The lowest BCUT2D eigenvalue weighted by Crippen LogP contribution is -2.35. The SMILES string of the molecule is COCC(CNS(=O)(=O)c1cc(C)c(F)c(CCl)c1)OC. The molecule has 1 N–H and O–H groups in total. The molecule has 0 heterocycles. The highest BCUT2D eigenvalue weighted by atomic mass is 35.5. The topological polar surface area (TPSA) is 64.6 Å². The van der Waals surface area contributed by atoms with E-state index in [9.17, 15) is 12.8 Å². The Labute approximate surface area is 129 Å². The highest BCUT2D eigenvalue weighted by Crippen LogP contribution is 2.20. The zero-order valence-electron chi connectivity index (χ0n) is 12.2. The maximum atomic E-state index is 13.7. The summed E-state index contributed by atoms with van der Waals surface area (Å²) in [4.78, 5) is -0.0238. The summed E-state index contributed by atoms with van der Waals surface area (Å²) in [6.07, 6.45) is -0.404. The number of benzene rings is 1. The van der Waals surface area contributed by atoms with Crippen LogP contribution in [0.25, 0.3) is 0 Å². The molecule has 120 valence electrons. The van der Waals surface area contributed by atoms with Crippen LogP contribution in [0.2, 0.25) is 0 Å². The fraction of sp³-hybridized carbons (Fsp3) is 0.538. The molecule has 0 spiro atoms. The summed E-state index contributed by atoms with van der Waals surface area (Å²) in [7, 11) is -0.806. The quantitative estimate of drug-likeness (QED) is 0.734. The number of ether oxygens (including phenoxy) is 2. The zero-order valence-corrected chi connectivity index (χ0v) is 13.7. The Morgan fingerprint density at radius 3 is 2.57 bits per heavy atom. The molecule has 0 aliphatic rings. The van der Waals surface area contributed by atoms with Gasteiger partial charge in [-0.15, -0.1) is 11.6 Å². The molecule has 0 saturated carbocycles. The molecule has 0 aliphatic heterocycles. The normalized spacial score (nSPS) is 13.4. The van der Waals surface area contributed by atoms with E-state index in [1.54, 1.807) is 0 Å². The summed E-state index contributed by atoms with van der Waals surface area (Å²) in [6, 6.07) is 2.50. The first-order valence-corrected chi connectivity index (χ1v) is 8.23. The average Bonchev–Trinajstić information content (AvgIpc) is 2.46. The molecule has 1 atom stereocenters. The largest absolute Gasteiger partial charge is 0.382 e. The third-order valence-corrected chi connectivity index (χ3v) is 4.64. The van der Waals surface area contributed by atoms with Crippen LogP contribution in [0.4, 0.5) is 4.39 Å². The number of hydrogen-bond acceptors (Lipinski definition) is 4. The van der Waals surface area contributed by atoms with Crippen molar-refractivity contribution in [1.29, 1.82) is 0 Å². The van der Waals surface area contributed by atoms with E-state index in [1.165, 1.54) is 33.3 Å². The maximum Gasteiger partial charge on any atom is 0.240 e. The highest BCUT2D eigenvalue weighted by molar-refractivity contribution is 7.89. The number of sulfonamides is 1. The summed E-state index contributed by atoms with van der Waals surface area (Å²) in [5.41, 5.74) is 0.380. The van der Waals surface area contributed by atoms with Crippen LogP contribution in [0.1, 0.15) is 11.1 Å². The van der Waals surface area contributed by atoms with Crippen molar-refractivity contribution in [1.82, 2.24) is 4.72 Å². The minimum atomic E-state index is -3.77. The Morgan fingerprint density at radius 2 is 2.05 bits per heavy atom. The van der Waals surface area contributed by atoms with Gasteiger partial charge in [0.05, 0.1) is 23.5 Å². The van der Waals surface area contributed by atoms with Gasteiger partial charge in [-0.3, -0.25) is 0 Å². The average molecular weight is 340 g/mol. The molecule has 1 unspecified atom stereocenters. The van der Waals surface area contributed by atoms with Crippen molar-refractivity contribution in [3.05, 3.63) is 29.1 Å². The molecule has 21 heavy (non-hydrogen) atoms. The summed E-state index contributed by atoms with van der Waals surface area (Å²) < 4.78 is 50.5. The van der Waals surface area contributed by atoms with Crippen LogP contribution >= 0.6 is 11.6 Å². The maximum absolute atomic E-state index is 13.7. The molecule has 0 fully saturated rings. The predicted molar refractivity (Wildman–Crippen MR) is 78.6 cm³/mol. The lowest BCUT2D eigenvalue weighted by molar-refractivity contribution is 0.0320. The molecule has 1 aromatic rings. The van der Waals surface area contributed by atoms with E-state index in [2.05, 4.69) is 4.72 Å². The zero-order chi connectivity index (χ0) is 16.0. The second-order valence-corrected chi connectivity index (χ2v) is 6.55. The predicted octanol–water partition coefficient (Wildman–Crippen LogP) is 1.81. The molecule has 5 nitrogen and oxygen atoms in total. The van der Waals surface area contributed by atoms with Gasteiger partial charge < -0.3 is 9.47 Å². The van der Waals surface area contributed by atoms with E-state index < -0.39 is 21.9 Å². The molecule has 0 bridgehead atoms. The van der Waals surface area contributed by atoms with Crippen molar-refractivity contribution in [3.8, 4) is 0 Å². The van der Waals surface area contributed by atoms with Crippen molar-refractivity contribution in [2.75, 3.05) is 27.4 Å². The number of alkyl halides is 1. The minimum absolute atomic E-state index is 0.0238. The fourth-order valence-electron chi connectivity index (χ4n) is 1.74. The molecule has 8 heteroatoms. The first kappa shape index (κ1) is 18.3. The van der Waals surface area contributed by atoms with Gasteiger partial charge >= 0.3 is 0 Å². The molecule has 0 aromatic heterocycles. The van der Waals surface area contributed by atoms with Crippen molar-refractivity contribution < 1.29 is 22.3 Å². The second-order valence-electron chi connectivity index (χ2n) is 4.51. The Balaban J connectivity index is 2.95. The van der Waals surface area contributed by atoms with Gasteiger partial charge in [0.1, 0.15) is 5.82 Å².